The van der Waals surface area contributed by atoms with Crippen molar-refractivity contribution in [3.63, 3.8) is 0 Å². The zero-order valence-electron chi connectivity index (χ0n) is 15.6. The lowest BCUT2D eigenvalue weighted by Gasteiger charge is -2.27. The van der Waals surface area contributed by atoms with Crippen molar-refractivity contribution in [3.05, 3.63) is 39.8 Å². The summed E-state index contributed by atoms with van der Waals surface area (Å²) in [6.45, 7) is -0.121. The summed E-state index contributed by atoms with van der Waals surface area (Å²) in [7, 11) is -3.99. The van der Waals surface area contributed by atoms with E-state index in [0.29, 0.717) is 4.90 Å². The first-order chi connectivity index (χ1) is 14.3. The maximum atomic E-state index is 12.9. The van der Waals surface area contributed by atoms with Crippen LogP contribution < -0.4 is 5.32 Å². The maximum Gasteiger partial charge on any atom is 0.263 e. The van der Waals surface area contributed by atoms with E-state index in [-0.39, 0.29) is 48.6 Å². The Balaban J connectivity index is 1.83. The molecule has 2 aliphatic heterocycles. The van der Waals surface area contributed by atoms with E-state index in [9.17, 15) is 27.6 Å². The summed E-state index contributed by atoms with van der Waals surface area (Å²) < 4.78 is 30.6. The zero-order valence-corrected chi connectivity index (χ0v) is 16.4. The van der Waals surface area contributed by atoms with Gasteiger partial charge in [0.1, 0.15) is 6.04 Å². The smallest absolute Gasteiger partial charge is 0.263 e. The van der Waals surface area contributed by atoms with Crippen LogP contribution in [0.4, 0.5) is 0 Å². The number of hydrogen-bond donors (Lipinski definition) is 1. The first-order valence-electron chi connectivity index (χ1n) is 8.94. The fourth-order valence-corrected chi connectivity index (χ4v) is 4.63. The molecule has 1 N–H and O–H groups in total. The molecule has 0 radical (unpaired) electrons. The van der Waals surface area contributed by atoms with Gasteiger partial charge in [-0.05, 0) is 24.1 Å². The van der Waals surface area contributed by atoms with Crippen molar-refractivity contribution in [2.45, 2.75) is 23.8 Å². The number of nitrogens with zero attached hydrogens (tertiary/aromatic N) is 4. The molecule has 0 saturated carbocycles. The van der Waals surface area contributed by atoms with Gasteiger partial charge in [0, 0.05) is 17.9 Å². The Bertz CT molecular complexity index is 1080. The number of carbonyl (C=O) groups excluding carboxylic acids is 4. The third-order valence-corrected chi connectivity index (χ3v) is 6.37. The molecular formula is C17H17N5O7S. The summed E-state index contributed by atoms with van der Waals surface area (Å²) in [5.74, 6) is -3.42. The molecule has 1 aromatic carbocycles. The number of hydrogen-bond acceptors (Lipinski definition) is 8. The van der Waals surface area contributed by atoms with Gasteiger partial charge in [0.15, 0.2) is 9.84 Å². The molecule has 13 heteroatoms. The van der Waals surface area contributed by atoms with Crippen LogP contribution in [0.3, 0.4) is 0 Å². The number of ether oxygens (including phenoxy) is 1. The molecule has 4 amide bonds. The summed E-state index contributed by atoms with van der Waals surface area (Å²) in [6, 6.07) is 2.69. The molecule has 1 fully saturated rings. The molecule has 1 aromatic rings. The molecular weight excluding hydrogens is 418 g/mol. The van der Waals surface area contributed by atoms with Crippen molar-refractivity contribution in [2.75, 3.05) is 25.5 Å². The standard InChI is InChI=1S/C17H17N5O7S/c18-21-19-6-7-29-8-9-30(27,28)12-3-1-2-10-14(12)17(26)22(16(10)25)11-4-5-13(23)20-15(11)24/h1-3,11H,4-9H2,(H,20,23,24). The van der Waals surface area contributed by atoms with E-state index in [0.717, 1.165) is 0 Å². The highest BCUT2D eigenvalue weighted by Gasteiger charge is 2.46. The van der Waals surface area contributed by atoms with Crippen molar-refractivity contribution in [3.8, 4) is 0 Å². The fourth-order valence-electron chi connectivity index (χ4n) is 3.27. The Morgan fingerprint density at radius 2 is 1.97 bits per heavy atom. The van der Waals surface area contributed by atoms with E-state index < -0.39 is 45.3 Å². The number of fused-ring (bicyclic) bond motifs is 1. The molecule has 12 nitrogen and oxygen atoms in total. The minimum Gasteiger partial charge on any atom is -0.380 e. The number of amides is 4. The molecule has 0 spiro atoms. The van der Waals surface area contributed by atoms with Crippen LogP contribution in [-0.4, -0.2) is 68.5 Å². The molecule has 30 heavy (non-hydrogen) atoms. The Kier molecular flexibility index (Phi) is 6.15. The molecule has 1 atom stereocenters. The monoisotopic (exact) mass is 435 g/mol. The molecule has 2 aliphatic rings. The summed E-state index contributed by atoms with van der Waals surface area (Å²) in [5, 5.41) is 5.34. The van der Waals surface area contributed by atoms with Crippen LogP contribution in [0.1, 0.15) is 33.6 Å². The highest BCUT2D eigenvalue weighted by molar-refractivity contribution is 7.91. The predicted molar refractivity (Wildman–Crippen MR) is 100.0 cm³/mol. The number of rotatable bonds is 8. The minimum absolute atomic E-state index is 0.0305. The first-order valence-corrected chi connectivity index (χ1v) is 10.6. The lowest BCUT2D eigenvalue weighted by atomic mass is 10.0. The predicted octanol–water partition coefficient (Wildman–Crippen LogP) is 0.188. The topological polar surface area (TPSA) is 176 Å². The SMILES string of the molecule is [N-]=[N+]=NCCOCCS(=O)(=O)c1cccc2c1C(=O)N(C1CCC(=O)NC1=O)C2=O. The average Bonchev–Trinajstić information content (AvgIpc) is 2.95. The van der Waals surface area contributed by atoms with Crippen LogP contribution in [-0.2, 0) is 24.2 Å². The Labute approximate surface area is 170 Å². The number of azide groups is 1. The van der Waals surface area contributed by atoms with Gasteiger partial charge in [0.2, 0.25) is 11.8 Å². The third kappa shape index (κ3) is 4.03. The Hall–Kier alpha value is -3.28. The molecule has 0 bridgehead atoms. The van der Waals surface area contributed by atoms with E-state index in [1.165, 1.54) is 18.2 Å². The summed E-state index contributed by atoms with van der Waals surface area (Å²) in [6.07, 6.45) is -0.0700. The molecule has 3 rings (SSSR count). The van der Waals surface area contributed by atoms with E-state index in [1.54, 1.807) is 0 Å². The van der Waals surface area contributed by atoms with Gasteiger partial charge in [-0.2, -0.15) is 0 Å². The van der Waals surface area contributed by atoms with Crippen molar-refractivity contribution in [1.82, 2.24) is 10.2 Å². The van der Waals surface area contributed by atoms with E-state index in [1.807, 2.05) is 0 Å². The Morgan fingerprint density at radius 3 is 2.67 bits per heavy atom. The van der Waals surface area contributed by atoms with Crippen LogP contribution in [0.2, 0.25) is 0 Å². The van der Waals surface area contributed by atoms with Gasteiger partial charge in [-0.15, -0.1) is 0 Å². The minimum atomic E-state index is -3.99. The van der Waals surface area contributed by atoms with Crippen molar-refractivity contribution < 1.29 is 32.3 Å². The molecule has 0 aromatic heterocycles. The normalized spacial score (nSPS) is 18.8. The molecule has 0 aliphatic carbocycles. The second-order valence-electron chi connectivity index (χ2n) is 6.51. The number of piperidine rings is 1. The van der Waals surface area contributed by atoms with Gasteiger partial charge in [-0.3, -0.25) is 29.4 Å². The molecule has 158 valence electrons. The third-order valence-electron chi connectivity index (χ3n) is 4.66. The van der Waals surface area contributed by atoms with Crippen LogP contribution in [0.5, 0.6) is 0 Å². The summed E-state index contributed by atoms with van der Waals surface area (Å²) in [5.41, 5.74) is 7.78. The first kappa shape index (κ1) is 21.4. The van der Waals surface area contributed by atoms with Crippen molar-refractivity contribution in [2.24, 2.45) is 5.11 Å². The Morgan fingerprint density at radius 1 is 1.20 bits per heavy atom. The van der Waals surface area contributed by atoms with Gasteiger partial charge in [0.05, 0.1) is 35.0 Å². The van der Waals surface area contributed by atoms with E-state index >= 15 is 0 Å². The van der Waals surface area contributed by atoms with Gasteiger partial charge < -0.3 is 4.74 Å². The number of sulfone groups is 1. The zero-order chi connectivity index (χ0) is 21.9. The number of nitrogens with one attached hydrogen (secondary N) is 1. The van der Waals surface area contributed by atoms with Crippen LogP contribution in [0.15, 0.2) is 28.2 Å². The van der Waals surface area contributed by atoms with Gasteiger partial charge >= 0.3 is 0 Å². The highest BCUT2D eigenvalue weighted by atomic mass is 32.2. The number of carbonyl (C=O) groups is 4. The van der Waals surface area contributed by atoms with Crippen molar-refractivity contribution in [1.29, 1.82) is 0 Å². The van der Waals surface area contributed by atoms with Crippen LogP contribution in [0.25, 0.3) is 10.4 Å². The fraction of sp³-hybridized carbons (Fsp3) is 0.412. The largest absolute Gasteiger partial charge is 0.380 e. The lowest BCUT2D eigenvalue weighted by Crippen LogP contribution is -2.54. The van der Waals surface area contributed by atoms with Crippen LogP contribution in [0, 0.1) is 0 Å². The summed E-state index contributed by atoms with van der Waals surface area (Å²) >= 11 is 0. The van der Waals surface area contributed by atoms with Gasteiger partial charge in [-0.1, -0.05) is 11.2 Å². The second kappa shape index (κ2) is 8.61. The quantitative estimate of drug-likeness (QED) is 0.199. The maximum absolute atomic E-state index is 12.9. The van der Waals surface area contributed by atoms with Gasteiger partial charge in [0.25, 0.3) is 11.8 Å². The molecule has 2 heterocycles. The highest BCUT2D eigenvalue weighted by Crippen LogP contribution is 2.32. The van der Waals surface area contributed by atoms with E-state index in [4.69, 9.17) is 10.3 Å². The van der Waals surface area contributed by atoms with Crippen LogP contribution >= 0.6 is 0 Å². The van der Waals surface area contributed by atoms with Crippen molar-refractivity contribution >= 4 is 33.5 Å². The van der Waals surface area contributed by atoms with Gasteiger partial charge in [-0.25, -0.2) is 8.42 Å². The summed E-state index contributed by atoms with van der Waals surface area (Å²) in [4.78, 5) is 52.1. The second-order valence-corrected chi connectivity index (χ2v) is 8.59. The lowest BCUT2D eigenvalue weighted by molar-refractivity contribution is -0.136. The number of benzene rings is 1. The molecule has 1 unspecified atom stereocenters. The van der Waals surface area contributed by atoms with E-state index in [2.05, 4.69) is 15.3 Å². The average molecular weight is 435 g/mol. The number of imide groups is 2. The molecule has 1 saturated heterocycles.